The maximum absolute atomic E-state index is 10.8. The second-order valence-electron chi connectivity index (χ2n) is 5.53. The molecule has 0 bridgehead atoms. The van der Waals surface area contributed by atoms with E-state index in [0.717, 1.165) is 29.7 Å². The zero-order chi connectivity index (χ0) is 18.3. The number of rotatable bonds is 9. The number of phosphoric ester groups is 1. The molecule has 6 nitrogen and oxygen atoms in total. The van der Waals surface area contributed by atoms with Crippen molar-refractivity contribution < 1.29 is 28.3 Å². The highest BCUT2D eigenvalue weighted by molar-refractivity contribution is 7.46. The summed E-state index contributed by atoms with van der Waals surface area (Å²) in [6.45, 7) is 2.68. The van der Waals surface area contributed by atoms with E-state index in [4.69, 9.17) is 19.3 Å². The van der Waals surface area contributed by atoms with Crippen molar-refractivity contribution in [2.24, 2.45) is 0 Å². The fourth-order valence-electron chi connectivity index (χ4n) is 2.39. The van der Waals surface area contributed by atoms with Gasteiger partial charge in [-0.1, -0.05) is 31.2 Å². The standard InChI is InChI=1S/C18H23O6P/c1-3-16(22-2)12-13-23-17-8-4-14(5-9-17)15-6-10-18(11-7-15)24-25(19,20)21/h4-11,16H,3,12-13H2,1-2H3,(H2,19,20,21). The van der Waals surface area contributed by atoms with E-state index in [-0.39, 0.29) is 11.9 Å². The first-order valence-corrected chi connectivity index (χ1v) is 9.55. The van der Waals surface area contributed by atoms with Crippen LogP contribution < -0.4 is 9.26 Å². The van der Waals surface area contributed by atoms with E-state index in [9.17, 15) is 4.57 Å². The molecule has 0 heterocycles. The van der Waals surface area contributed by atoms with E-state index >= 15 is 0 Å². The van der Waals surface area contributed by atoms with Crippen molar-refractivity contribution in [2.45, 2.75) is 25.9 Å². The van der Waals surface area contributed by atoms with Gasteiger partial charge in [-0.05, 0) is 41.8 Å². The third-order valence-electron chi connectivity index (χ3n) is 3.76. The molecule has 7 heteroatoms. The number of methoxy groups -OCH3 is 1. The molecule has 0 radical (unpaired) electrons. The number of phosphoric acid groups is 1. The molecular weight excluding hydrogens is 343 g/mol. The van der Waals surface area contributed by atoms with E-state index in [0.29, 0.717) is 6.61 Å². The van der Waals surface area contributed by atoms with Gasteiger partial charge >= 0.3 is 7.82 Å². The van der Waals surface area contributed by atoms with E-state index in [1.165, 1.54) is 12.1 Å². The molecule has 2 aromatic rings. The number of hydrogen-bond acceptors (Lipinski definition) is 4. The van der Waals surface area contributed by atoms with Crippen LogP contribution >= 0.6 is 7.82 Å². The lowest BCUT2D eigenvalue weighted by atomic mass is 10.1. The molecule has 0 aliphatic carbocycles. The van der Waals surface area contributed by atoms with Crippen molar-refractivity contribution in [3.8, 4) is 22.6 Å². The summed E-state index contributed by atoms with van der Waals surface area (Å²) in [6.07, 6.45) is 2.02. The monoisotopic (exact) mass is 366 g/mol. The Bertz CT molecular complexity index is 689. The molecular formula is C18H23O6P. The lowest BCUT2D eigenvalue weighted by Gasteiger charge is -2.13. The van der Waals surface area contributed by atoms with Gasteiger partial charge in [0.15, 0.2) is 0 Å². The van der Waals surface area contributed by atoms with Crippen molar-refractivity contribution in [3.05, 3.63) is 48.5 Å². The van der Waals surface area contributed by atoms with Crippen molar-refractivity contribution in [3.63, 3.8) is 0 Å². The number of benzene rings is 2. The summed E-state index contributed by atoms with van der Waals surface area (Å²) in [5, 5.41) is 0. The van der Waals surface area contributed by atoms with E-state index in [1.807, 2.05) is 24.3 Å². The second-order valence-corrected chi connectivity index (χ2v) is 6.70. The highest BCUT2D eigenvalue weighted by Gasteiger charge is 2.15. The van der Waals surface area contributed by atoms with Gasteiger partial charge in [-0.15, -0.1) is 0 Å². The fourth-order valence-corrected chi connectivity index (χ4v) is 2.78. The third-order valence-corrected chi connectivity index (χ3v) is 4.21. The maximum Gasteiger partial charge on any atom is 0.524 e. The van der Waals surface area contributed by atoms with Gasteiger partial charge in [0, 0.05) is 13.5 Å². The van der Waals surface area contributed by atoms with Crippen LogP contribution in [0.15, 0.2) is 48.5 Å². The zero-order valence-corrected chi connectivity index (χ0v) is 15.2. The van der Waals surface area contributed by atoms with Crippen molar-refractivity contribution >= 4 is 7.82 Å². The molecule has 0 saturated carbocycles. The first-order chi connectivity index (χ1) is 11.9. The highest BCUT2D eigenvalue weighted by atomic mass is 31.2. The molecule has 25 heavy (non-hydrogen) atoms. The molecule has 2 aromatic carbocycles. The fraction of sp³-hybridized carbons (Fsp3) is 0.333. The topological polar surface area (TPSA) is 85.2 Å². The summed E-state index contributed by atoms with van der Waals surface area (Å²) >= 11 is 0. The molecule has 0 aromatic heterocycles. The third kappa shape index (κ3) is 6.52. The van der Waals surface area contributed by atoms with E-state index < -0.39 is 7.82 Å². The van der Waals surface area contributed by atoms with Gasteiger partial charge in [-0.2, -0.15) is 0 Å². The van der Waals surface area contributed by atoms with Crippen molar-refractivity contribution in [2.75, 3.05) is 13.7 Å². The Labute approximate surface area is 147 Å². The Morgan fingerprint density at radius 2 is 1.48 bits per heavy atom. The highest BCUT2D eigenvalue weighted by Crippen LogP contribution is 2.38. The Morgan fingerprint density at radius 3 is 1.92 bits per heavy atom. The molecule has 1 unspecified atom stereocenters. The lowest BCUT2D eigenvalue weighted by molar-refractivity contribution is 0.0784. The average Bonchev–Trinajstić information content (AvgIpc) is 2.59. The minimum absolute atomic E-state index is 0.126. The minimum atomic E-state index is -4.53. The van der Waals surface area contributed by atoms with Gasteiger partial charge in [0.05, 0.1) is 12.7 Å². The molecule has 1 atom stereocenters. The van der Waals surface area contributed by atoms with Crippen LogP contribution in [-0.2, 0) is 9.30 Å². The summed E-state index contributed by atoms with van der Waals surface area (Å²) in [7, 11) is -2.82. The normalized spacial score (nSPS) is 12.6. The molecule has 2 N–H and O–H groups in total. The second kappa shape index (κ2) is 9.02. The summed E-state index contributed by atoms with van der Waals surface area (Å²) < 4.78 is 26.4. The lowest BCUT2D eigenvalue weighted by Crippen LogP contribution is -2.13. The van der Waals surface area contributed by atoms with Gasteiger partial charge in [-0.3, -0.25) is 9.79 Å². The minimum Gasteiger partial charge on any atom is -0.493 e. The summed E-state index contributed by atoms with van der Waals surface area (Å²) in [4.78, 5) is 17.6. The van der Waals surface area contributed by atoms with Gasteiger partial charge in [-0.25, -0.2) is 4.57 Å². The van der Waals surface area contributed by atoms with Gasteiger partial charge in [0.1, 0.15) is 11.5 Å². The van der Waals surface area contributed by atoms with Gasteiger partial charge in [0.2, 0.25) is 0 Å². The van der Waals surface area contributed by atoms with Gasteiger partial charge < -0.3 is 14.0 Å². The largest absolute Gasteiger partial charge is 0.524 e. The molecule has 136 valence electrons. The van der Waals surface area contributed by atoms with Crippen LogP contribution in [0.25, 0.3) is 11.1 Å². The van der Waals surface area contributed by atoms with Crippen LogP contribution in [0.3, 0.4) is 0 Å². The van der Waals surface area contributed by atoms with Crippen LogP contribution in [0.2, 0.25) is 0 Å². The summed E-state index contributed by atoms with van der Waals surface area (Å²) in [5.74, 6) is 0.914. The molecule has 0 aliphatic rings. The van der Waals surface area contributed by atoms with Crippen LogP contribution in [0.4, 0.5) is 0 Å². The first-order valence-electron chi connectivity index (χ1n) is 8.02. The Hall–Kier alpha value is -1.85. The van der Waals surface area contributed by atoms with Gasteiger partial charge in [0.25, 0.3) is 0 Å². The van der Waals surface area contributed by atoms with Crippen molar-refractivity contribution in [1.82, 2.24) is 0 Å². The molecule has 0 aliphatic heterocycles. The zero-order valence-electron chi connectivity index (χ0n) is 14.3. The van der Waals surface area contributed by atoms with Crippen LogP contribution in [0.1, 0.15) is 19.8 Å². The van der Waals surface area contributed by atoms with Crippen LogP contribution in [0.5, 0.6) is 11.5 Å². The maximum atomic E-state index is 10.8. The first kappa shape index (κ1) is 19.5. The molecule has 0 fully saturated rings. The molecule has 2 rings (SSSR count). The SMILES string of the molecule is CCC(CCOc1ccc(-c2ccc(OP(=O)(O)O)cc2)cc1)OC. The summed E-state index contributed by atoms with van der Waals surface area (Å²) in [6, 6.07) is 14.2. The Kier molecular flexibility index (Phi) is 7.02. The smallest absolute Gasteiger partial charge is 0.493 e. The van der Waals surface area contributed by atoms with Crippen LogP contribution in [-0.4, -0.2) is 29.6 Å². The Morgan fingerprint density at radius 1 is 0.960 bits per heavy atom. The molecule has 0 spiro atoms. The van der Waals surface area contributed by atoms with E-state index in [1.54, 1.807) is 19.2 Å². The quantitative estimate of drug-likeness (QED) is 0.652. The summed E-state index contributed by atoms with van der Waals surface area (Å²) in [5.41, 5.74) is 1.88. The predicted octanol–water partition coefficient (Wildman–Crippen LogP) is 4.02. The molecule has 0 saturated heterocycles. The average molecular weight is 366 g/mol. The number of ether oxygens (including phenoxy) is 2. The molecule has 0 amide bonds. The van der Waals surface area contributed by atoms with E-state index in [2.05, 4.69) is 11.4 Å². The van der Waals surface area contributed by atoms with Crippen LogP contribution in [0, 0.1) is 0 Å². The number of hydrogen-bond donors (Lipinski definition) is 2. The van der Waals surface area contributed by atoms with Crippen molar-refractivity contribution in [1.29, 1.82) is 0 Å². The predicted molar refractivity (Wildman–Crippen MR) is 95.8 cm³/mol. The Balaban J connectivity index is 1.94.